The van der Waals surface area contributed by atoms with Crippen LogP contribution in [0.4, 0.5) is 0 Å². The van der Waals surface area contributed by atoms with Crippen LogP contribution >= 0.6 is 24.4 Å². The molecular formula is C15H25N5OS2. The zero-order valence-corrected chi connectivity index (χ0v) is 15.6. The van der Waals surface area contributed by atoms with Gasteiger partial charge in [-0.05, 0) is 44.7 Å². The van der Waals surface area contributed by atoms with Crippen LogP contribution in [0.5, 0.6) is 0 Å². The Labute approximate surface area is 148 Å². The van der Waals surface area contributed by atoms with Crippen LogP contribution < -0.4 is 16.0 Å². The van der Waals surface area contributed by atoms with Crippen molar-refractivity contribution in [3.63, 3.8) is 0 Å². The first-order valence-electron chi connectivity index (χ1n) is 7.83. The van der Waals surface area contributed by atoms with Crippen LogP contribution in [0.3, 0.4) is 0 Å². The minimum Gasteiger partial charge on any atom is -0.359 e. The van der Waals surface area contributed by atoms with Gasteiger partial charge in [-0.3, -0.25) is 4.79 Å². The Morgan fingerprint density at radius 1 is 1.52 bits per heavy atom. The molecule has 3 N–H and O–H groups in total. The molecule has 0 bridgehead atoms. The molecule has 0 aromatic rings. The molecule has 2 fully saturated rings. The van der Waals surface area contributed by atoms with Gasteiger partial charge in [0.1, 0.15) is 12.2 Å². The highest BCUT2D eigenvalue weighted by molar-refractivity contribution is 7.80. The molecule has 0 saturated carbocycles. The molecule has 2 rings (SSSR count). The van der Waals surface area contributed by atoms with Gasteiger partial charge < -0.3 is 25.8 Å². The molecule has 0 radical (unpaired) electrons. The molecule has 23 heavy (non-hydrogen) atoms. The highest BCUT2D eigenvalue weighted by atomic mass is 32.1. The van der Waals surface area contributed by atoms with Crippen LogP contribution in [-0.4, -0.2) is 63.3 Å². The fourth-order valence-electron chi connectivity index (χ4n) is 3.72. The molecule has 2 aliphatic rings. The molecule has 1 unspecified atom stereocenters. The largest absolute Gasteiger partial charge is 0.359 e. The number of nitrogens with one attached hydrogen (secondary N) is 3. The number of hydrogen-bond donors (Lipinski definition) is 3. The number of carbonyl (C=O) groups excluding carboxylic acids is 1. The van der Waals surface area contributed by atoms with Gasteiger partial charge in [-0.2, -0.15) is 0 Å². The maximum Gasteiger partial charge on any atom is 0.245 e. The van der Waals surface area contributed by atoms with Crippen molar-refractivity contribution < 1.29 is 4.79 Å². The Balaban J connectivity index is 2.46. The lowest BCUT2D eigenvalue weighted by molar-refractivity contribution is -0.121. The molecule has 2 aliphatic heterocycles. The molecule has 2 heterocycles. The van der Waals surface area contributed by atoms with Crippen LogP contribution in [0.1, 0.15) is 27.2 Å². The lowest BCUT2D eigenvalue weighted by Gasteiger charge is -2.61. The molecule has 6 nitrogen and oxygen atoms in total. The maximum absolute atomic E-state index is 11.9. The first kappa shape index (κ1) is 18.1. The van der Waals surface area contributed by atoms with Crippen LogP contribution in [0.2, 0.25) is 0 Å². The first-order chi connectivity index (χ1) is 10.8. The summed E-state index contributed by atoms with van der Waals surface area (Å²) in [6, 6.07) is 0. The number of piperazine rings is 1. The normalized spacial score (nSPS) is 26.9. The van der Waals surface area contributed by atoms with Gasteiger partial charge >= 0.3 is 0 Å². The molecular weight excluding hydrogens is 330 g/mol. The van der Waals surface area contributed by atoms with Gasteiger partial charge in [0.25, 0.3) is 0 Å². The van der Waals surface area contributed by atoms with Crippen LogP contribution in [-0.2, 0) is 4.79 Å². The molecule has 0 aromatic heterocycles. The smallest absolute Gasteiger partial charge is 0.245 e. The van der Waals surface area contributed by atoms with Crippen molar-refractivity contribution >= 4 is 40.6 Å². The van der Waals surface area contributed by atoms with Crippen molar-refractivity contribution in [2.45, 2.75) is 38.4 Å². The molecule has 1 atom stereocenters. The first-order valence-corrected chi connectivity index (χ1v) is 8.64. The quantitative estimate of drug-likeness (QED) is 0.503. The standard InChI is InChI=1S/C15H25N5OS2/c1-5-7-16-12(22)19-9-8-17-14(3,4)15(19,6-2)20-10-11(21)18-13(20)23/h5,17H,1,6-10H2,2-4H3,(H,16,22)(H,18,21,23). The predicted octanol–water partition coefficient (Wildman–Crippen LogP) is 0.554. The summed E-state index contributed by atoms with van der Waals surface area (Å²) in [5, 5.41) is 10.6. The second-order valence-electron chi connectivity index (χ2n) is 6.29. The lowest BCUT2D eigenvalue weighted by atomic mass is 9.80. The summed E-state index contributed by atoms with van der Waals surface area (Å²) in [4.78, 5) is 16.0. The van der Waals surface area contributed by atoms with E-state index in [1.165, 1.54) is 0 Å². The monoisotopic (exact) mass is 355 g/mol. The van der Waals surface area contributed by atoms with E-state index in [9.17, 15) is 4.79 Å². The van der Waals surface area contributed by atoms with Crippen LogP contribution in [0.25, 0.3) is 0 Å². The third-order valence-corrected chi connectivity index (χ3v) is 5.41. The van der Waals surface area contributed by atoms with Crippen molar-refractivity contribution in [2.75, 3.05) is 26.2 Å². The number of hydrogen-bond acceptors (Lipinski definition) is 4. The number of amides is 1. The van der Waals surface area contributed by atoms with E-state index in [1.54, 1.807) is 6.08 Å². The summed E-state index contributed by atoms with van der Waals surface area (Å²) in [5.74, 6) is -0.0749. The van der Waals surface area contributed by atoms with Gasteiger partial charge in [-0.25, -0.2) is 0 Å². The van der Waals surface area contributed by atoms with E-state index in [0.29, 0.717) is 16.8 Å². The SMILES string of the molecule is C=CCNC(=S)N1CCNC(C)(C)C1(CC)N1CC(=O)NC1=S. The van der Waals surface area contributed by atoms with Crippen LogP contribution in [0.15, 0.2) is 12.7 Å². The van der Waals surface area contributed by atoms with Crippen LogP contribution in [0, 0.1) is 0 Å². The molecule has 2 saturated heterocycles. The molecule has 0 aromatic carbocycles. The van der Waals surface area contributed by atoms with Crippen molar-refractivity contribution in [3.05, 3.63) is 12.7 Å². The Morgan fingerprint density at radius 2 is 2.22 bits per heavy atom. The second kappa shape index (κ2) is 6.70. The summed E-state index contributed by atoms with van der Waals surface area (Å²) in [5.41, 5.74) is -0.830. The number of rotatable bonds is 4. The third kappa shape index (κ3) is 2.95. The van der Waals surface area contributed by atoms with Crippen molar-refractivity contribution in [3.8, 4) is 0 Å². The Bertz CT molecular complexity index is 536. The maximum atomic E-state index is 11.9. The molecule has 8 heteroatoms. The second-order valence-corrected chi connectivity index (χ2v) is 7.06. The third-order valence-electron chi connectivity index (χ3n) is 4.73. The van der Waals surface area contributed by atoms with Gasteiger partial charge in [0.2, 0.25) is 5.91 Å². The fraction of sp³-hybridized carbons (Fsp3) is 0.667. The highest BCUT2D eigenvalue weighted by Crippen LogP contribution is 2.39. The van der Waals surface area contributed by atoms with Gasteiger partial charge in [-0.1, -0.05) is 13.0 Å². The summed E-state index contributed by atoms with van der Waals surface area (Å²) in [6.45, 7) is 12.5. The average Bonchev–Trinajstić information content (AvgIpc) is 2.82. The van der Waals surface area contributed by atoms with Gasteiger partial charge in [0, 0.05) is 19.6 Å². The summed E-state index contributed by atoms with van der Waals surface area (Å²) in [7, 11) is 0. The predicted molar refractivity (Wildman–Crippen MR) is 100 cm³/mol. The molecule has 0 spiro atoms. The summed E-state index contributed by atoms with van der Waals surface area (Å²) >= 11 is 11.1. The van der Waals surface area contributed by atoms with Gasteiger partial charge in [-0.15, -0.1) is 6.58 Å². The van der Waals surface area contributed by atoms with Crippen molar-refractivity contribution in [2.24, 2.45) is 0 Å². The Hall–Kier alpha value is -1.25. The van der Waals surface area contributed by atoms with E-state index >= 15 is 0 Å². The zero-order chi connectivity index (χ0) is 17.3. The van der Waals surface area contributed by atoms with Crippen molar-refractivity contribution in [1.29, 1.82) is 0 Å². The highest BCUT2D eigenvalue weighted by Gasteiger charge is 2.57. The number of nitrogens with zero attached hydrogens (tertiary/aromatic N) is 2. The minimum atomic E-state index is -0.521. The van der Waals surface area contributed by atoms with Gasteiger partial charge in [0.15, 0.2) is 10.2 Å². The average molecular weight is 356 g/mol. The van der Waals surface area contributed by atoms with Crippen molar-refractivity contribution in [1.82, 2.24) is 25.8 Å². The van der Waals surface area contributed by atoms with E-state index in [1.807, 2.05) is 4.90 Å². The molecule has 128 valence electrons. The fourth-order valence-corrected chi connectivity index (χ4v) is 4.37. The Kier molecular flexibility index (Phi) is 5.27. The van der Waals surface area contributed by atoms with E-state index in [2.05, 4.69) is 48.2 Å². The molecule has 1 amide bonds. The van der Waals surface area contributed by atoms with E-state index in [4.69, 9.17) is 24.4 Å². The lowest BCUT2D eigenvalue weighted by Crippen LogP contribution is -2.80. The minimum absolute atomic E-state index is 0.0749. The number of thiocarbonyl (C=S) groups is 2. The van der Waals surface area contributed by atoms with E-state index in [-0.39, 0.29) is 18.0 Å². The topological polar surface area (TPSA) is 59.6 Å². The summed E-state index contributed by atoms with van der Waals surface area (Å²) < 4.78 is 0. The summed E-state index contributed by atoms with van der Waals surface area (Å²) in [6.07, 6.45) is 2.54. The number of carbonyl (C=O) groups is 1. The van der Waals surface area contributed by atoms with E-state index in [0.717, 1.165) is 19.5 Å². The van der Waals surface area contributed by atoms with Gasteiger partial charge in [0.05, 0.1) is 5.54 Å². The Morgan fingerprint density at radius 3 is 2.74 bits per heavy atom. The zero-order valence-electron chi connectivity index (χ0n) is 13.9. The van der Waals surface area contributed by atoms with E-state index < -0.39 is 5.66 Å². The molecule has 0 aliphatic carbocycles.